The van der Waals surface area contributed by atoms with Crippen molar-refractivity contribution >= 4 is 5.82 Å². The van der Waals surface area contributed by atoms with Gasteiger partial charge in [0.15, 0.2) is 0 Å². The highest BCUT2D eigenvalue weighted by Crippen LogP contribution is 2.17. The number of nitrogens with zero attached hydrogens (tertiary/aromatic N) is 2. The van der Waals surface area contributed by atoms with Gasteiger partial charge in [-0.05, 0) is 18.5 Å². The standard InChI is InChI=1S/C14H22FN3/c1-5-6-18(4)14-12(7-13(15)10-17-14)9-16-8-11(2)3/h5,7,10-11,16H,1,6,8-9H2,2-4H3. The number of hydrogen-bond acceptors (Lipinski definition) is 3. The highest BCUT2D eigenvalue weighted by atomic mass is 19.1. The number of aromatic nitrogens is 1. The number of pyridine rings is 1. The zero-order chi connectivity index (χ0) is 13.5. The van der Waals surface area contributed by atoms with Crippen LogP contribution >= 0.6 is 0 Å². The Morgan fingerprint density at radius 1 is 1.56 bits per heavy atom. The lowest BCUT2D eigenvalue weighted by Gasteiger charge is -2.20. The minimum atomic E-state index is -0.299. The van der Waals surface area contributed by atoms with E-state index in [-0.39, 0.29) is 5.82 Å². The summed E-state index contributed by atoms with van der Waals surface area (Å²) in [5, 5.41) is 3.31. The smallest absolute Gasteiger partial charge is 0.141 e. The molecule has 0 saturated carbocycles. The fraction of sp³-hybridized carbons (Fsp3) is 0.500. The average Bonchev–Trinajstić information content (AvgIpc) is 2.29. The van der Waals surface area contributed by atoms with Crippen molar-refractivity contribution in [2.24, 2.45) is 5.92 Å². The van der Waals surface area contributed by atoms with Gasteiger partial charge < -0.3 is 10.2 Å². The third kappa shape index (κ3) is 4.45. The lowest BCUT2D eigenvalue weighted by molar-refractivity contribution is 0.548. The maximum absolute atomic E-state index is 13.3. The number of nitrogens with one attached hydrogen (secondary N) is 1. The molecule has 3 nitrogen and oxygen atoms in total. The zero-order valence-electron chi connectivity index (χ0n) is 11.4. The summed E-state index contributed by atoms with van der Waals surface area (Å²) in [7, 11) is 1.92. The summed E-state index contributed by atoms with van der Waals surface area (Å²) in [5.74, 6) is 1.07. The Morgan fingerprint density at radius 2 is 2.28 bits per heavy atom. The number of halogens is 1. The van der Waals surface area contributed by atoms with Gasteiger partial charge in [0.2, 0.25) is 0 Å². The van der Waals surface area contributed by atoms with Gasteiger partial charge in [0.25, 0.3) is 0 Å². The molecule has 0 aromatic carbocycles. The van der Waals surface area contributed by atoms with Crippen LogP contribution in [0.5, 0.6) is 0 Å². The minimum Gasteiger partial charge on any atom is -0.356 e. The second kappa shape index (κ2) is 7.11. The maximum Gasteiger partial charge on any atom is 0.141 e. The Hall–Kier alpha value is -1.42. The Labute approximate surface area is 109 Å². The molecule has 0 amide bonds. The molecule has 100 valence electrons. The SMILES string of the molecule is C=CCN(C)c1ncc(F)cc1CNCC(C)C. The molecule has 1 heterocycles. The van der Waals surface area contributed by atoms with Crippen LogP contribution in [0.1, 0.15) is 19.4 Å². The highest BCUT2D eigenvalue weighted by molar-refractivity contribution is 5.46. The molecule has 0 bridgehead atoms. The molecule has 1 aromatic heterocycles. The van der Waals surface area contributed by atoms with Crippen LogP contribution in [0.3, 0.4) is 0 Å². The predicted octanol–water partition coefficient (Wildman–Crippen LogP) is 2.59. The van der Waals surface area contributed by atoms with Crippen molar-refractivity contribution in [3.63, 3.8) is 0 Å². The van der Waals surface area contributed by atoms with E-state index in [2.05, 4.69) is 30.7 Å². The second-order valence-corrected chi connectivity index (χ2v) is 4.83. The largest absolute Gasteiger partial charge is 0.356 e. The van der Waals surface area contributed by atoms with Gasteiger partial charge in [-0.2, -0.15) is 0 Å². The first-order valence-electron chi connectivity index (χ1n) is 6.21. The number of hydrogen-bond donors (Lipinski definition) is 1. The molecule has 0 aliphatic heterocycles. The van der Waals surface area contributed by atoms with Crippen LogP contribution in [-0.2, 0) is 6.54 Å². The maximum atomic E-state index is 13.3. The molecular weight excluding hydrogens is 229 g/mol. The Morgan fingerprint density at radius 3 is 2.89 bits per heavy atom. The van der Waals surface area contributed by atoms with E-state index in [9.17, 15) is 4.39 Å². The summed E-state index contributed by atoms with van der Waals surface area (Å²) < 4.78 is 13.3. The van der Waals surface area contributed by atoms with E-state index in [4.69, 9.17) is 0 Å². The third-order valence-electron chi connectivity index (χ3n) is 2.54. The zero-order valence-corrected chi connectivity index (χ0v) is 11.4. The van der Waals surface area contributed by atoms with E-state index in [1.807, 2.05) is 11.9 Å². The van der Waals surface area contributed by atoms with Crippen LogP contribution in [0, 0.1) is 11.7 Å². The Kier molecular flexibility index (Phi) is 5.78. The van der Waals surface area contributed by atoms with Gasteiger partial charge in [0, 0.05) is 25.7 Å². The first-order chi connectivity index (χ1) is 8.54. The van der Waals surface area contributed by atoms with Gasteiger partial charge in [-0.3, -0.25) is 0 Å². The summed E-state index contributed by atoms with van der Waals surface area (Å²) in [4.78, 5) is 6.11. The van der Waals surface area contributed by atoms with E-state index < -0.39 is 0 Å². The van der Waals surface area contributed by atoms with Crippen LogP contribution < -0.4 is 10.2 Å². The molecule has 1 N–H and O–H groups in total. The van der Waals surface area contributed by atoms with E-state index in [0.29, 0.717) is 19.0 Å². The van der Waals surface area contributed by atoms with Gasteiger partial charge in [0.1, 0.15) is 11.6 Å². The summed E-state index contributed by atoms with van der Waals surface area (Å²) in [6.45, 7) is 10.2. The quantitative estimate of drug-likeness (QED) is 0.755. The molecular formula is C14H22FN3. The topological polar surface area (TPSA) is 28.2 Å². The average molecular weight is 251 g/mol. The minimum absolute atomic E-state index is 0.299. The van der Waals surface area contributed by atoms with E-state index in [1.54, 1.807) is 6.08 Å². The third-order valence-corrected chi connectivity index (χ3v) is 2.54. The Bertz CT molecular complexity index is 391. The molecule has 0 atom stereocenters. The highest BCUT2D eigenvalue weighted by Gasteiger charge is 2.09. The predicted molar refractivity (Wildman–Crippen MR) is 74.2 cm³/mol. The lowest BCUT2D eigenvalue weighted by atomic mass is 10.2. The number of likely N-dealkylation sites (N-methyl/N-ethyl adjacent to an activating group) is 1. The van der Waals surface area contributed by atoms with Crippen molar-refractivity contribution in [3.05, 3.63) is 36.3 Å². The lowest BCUT2D eigenvalue weighted by Crippen LogP contribution is -2.24. The van der Waals surface area contributed by atoms with Gasteiger partial charge in [-0.15, -0.1) is 6.58 Å². The van der Waals surface area contributed by atoms with Gasteiger partial charge in [0.05, 0.1) is 6.20 Å². The van der Waals surface area contributed by atoms with E-state index in [1.165, 1.54) is 12.3 Å². The molecule has 0 unspecified atom stereocenters. The monoisotopic (exact) mass is 251 g/mol. The van der Waals surface area contributed by atoms with Crippen molar-refractivity contribution in [1.29, 1.82) is 0 Å². The molecule has 1 aromatic rings. The Balaban J connectivity index is 2.79. The van der Waals surface area contributed by atoms with E-state index >= 15 is 0 Å². The fourth-order valence-corrected chi connectivity index (χ4v) is 1.72. The van der Waals surface area contributed by atoms with Crippen molar-refractivity contribution < 1.29 is 4.39 Å². The van der Waals surface area contributed by atoms with Crippen LogP contribution in [-0.4, -0.2) is 25.1 Å². The molecule has 1 rings (SSSR count). The molecule has 0 aliphatic carbocycles. The number of rotatable bonds is 7. The first kappa shape index (κ1) is 14.6. The van der Waals surface area contributed by atoms with Crippen molar-refractivity contribution in [3.8, 4) is 0 Å². The summed E-state index contributed by atoms with van der Waals surface area (Å²) in [5.41, 5.74) is 0.875. The van der Waals surface area contributed by atoms with Gasteiger partial charge >= 0.3 is 0 Å². The molecule has 0 radical (unpaired) electrons. The molecule has 0 saturated heterocycles. The summed E-state index contributed by atoms with van der Waals surface area (Å²) in [6, 6.07) is 1.54. The molecule has 0 spiro atoms. The van der Waals surface area contributed by atoms with Crippen molar-refractivity contribution in [2.75, 3.05) is 25.0 Å². The molecule has 0 fully saturated rings. The van der Waals surface area contributed by atoms with Gasteiger partial charge in [-0.25, -0.2) is 9.37 Å². The van der Waals surface area contributed by atoms with E-state index in [0.717, 1.165) is 17.9 Å². The van der Waals surface area contributed by atoms with Crippen LogP contribution in [0.15, 0.2) is 24.9 Å². The molecule has 18 heavy (non-hydrogen) atoms. The summed E-state index contributed by atoms with van der Waals surface area (Å²) in [6.07, 6.45) is 3.05. The van der Waals surface area contributed by atoms with Crippen molar-refractivity contribution in [2.45, 2.75) is 20.4 Å². The van der Waals surface area contributed by atoms with Crippen LogP contribution in [0.25, 0.3) is 0 Å². The first-order valence-corrected chi connectivity index (χ1v) is 6.21. The van der Waals surface area contributed by atoms with Crippen molar-refractivity contribution in [1.82, 2.24) is 10.3 Å². The van der Waals surface area contributed by atoms with Crippen LogP contribution in [0.2, 0.25) is 0 Å². The fourth-order valence-electron chi connectivity index (χ4n) is 1.72. The molecule has 4 heteroatoms. The second-order valence-electron chi connectivity index (χ2n) is 4.83. The van der Waals surface area contributed by atoms with Crippen LogP contribution in [0.4, 0.5) is 10.2 Å². The number of anilines is 1. The summed E-state index contributed by atoms with van der Waals surface area (Å²) >= 11 is 0. The molecule has 0 aliphatic rings. The normalized spacial score (nSPS) is 10.7. The van der Waals surface area contributed by atoms with Gasteiger partial charge in [-0.1, -0.05) is 19.9 Å².